The molecule has 1 aromatic heterocycles. The standard InChI is InChI=1S/C34H38F9N5O2/c1-20(24-18-44-27-10-6-5-9-23(24)27)30(46-28(49)19-47-11-13-48(14-12-47)22-7-3-2-4-8-22)31(50)45-17-21-15-25(32(35,36)37)29(34(41,42)43)26(16-21)33(38,39)40/h5-6,9-10,15-16,18,20,22,30,44H,2-4,7-8,11-14,17,19H2,1H3,(H,45,50)(H,46,49). The zero-order valence-electron chi connectivity index (χ0n) is 27.2. The summed E-state index contributed by atoms with van der Waals surface area (Å²) in [5.74, 6) is -2.21. The van der Waals surface area contributed by atoms with Gasteiger partial charge in [0.2, 0.25) is 11.8 Å². The minimum atomic E-state index is -5.97. The van der Waals surface area contributed by atoms with Crippen LogP contribution in [0.1, 0.15) is 72.8 Å². The minimum Gasteiger partial charge on any atom is -0.361 e. The third-order valence-electron chi connectivity index (χ3n) is 9.64. The van der Waals surface area contributed by atoms with Crippen molar-refractivity contribution in [3.63, 3.8) is 0 Å². The van der Waals surface area contributed by atoms with E-state index in [-0.39, 0.29) is 18.7 Å². The molecule has 0 spiro atoms. The second kappa shape index (κ2) is 14.8. The number of carbonyl (C=O) groups excluding carboxylic acids is 2. The summed E-state index contributed by atoms with van der Waals surface area (Å²) in [6, 6.07) is 6.17. The van der Waals surface area contributed by atoms with Crippen LogP contribution in [-0.2, 0) is 34.7 Å². The van der Waals surface area contributed by atoms with Crippen LogP contribution in [0.15, 0.2) is 42.6 Å². The highest BCUT2D eigenvalue weighted by atomic mass is 19.4. The molecule has 0 bridgehead atoms. The lowest BCUT2D eigenvalue weighted by atomic mass is 9.91. The van der Waals surface area contributed by atoms with E-state index in [0.29, 0.717) is 24.7 Å². The molecule has 2 fully saturated rings. The zero-order valence-corrected chi connectivity index (χ0v) is 27.2. The van der Waals surface area contributed by atoms with Gasteiger partial charge in [-0.15, -0.1) is 0 Å². The van der Waals surface area contributed by atoms with Crippen LogP contribution in [0.4, 0.5) is 39.5 Å². The fourth-order valence-corrected chi connectivity index (χ4v) is 7.08. The van der Waals surface area contributed by atoms with Crippen molar-refractivity contribution in [2.45, 2.75) is 82.1 Å². The number of aromatic nitrogens is 1. The summed E-state index contributed by atoms with van der Waals surface area (Å²) in [6.45, 7) is 3.41. The average molecular weight is 720 g/mol. The Morgan fingerprint density at radius 2 is 1.46 bits per heavy atom. The van der Waals surface area contributed by atoms with Crippen molar-refractivity contribution >= 4 is 22.7 Å². The molecule has 7 nitrogen and oxygen atoms in total. The van der Waals surface area contributed by atoms with Gasteiger partial charge in [-0.3, -0.25) is 19.4 Å². The van der Waals surface area contributed by atoms with Gasteiger partial charge in [-0.05, 0) is 42.2 Å². The van der Waals surface area contributed by atoms with Gasteiger partial charge in [-0.2, -0.15) is 39.5 Å². The fraction of sp³-hybridized carbons (Fsp3) is 0.529. The predicted molar refractivity (Wildman–Crippen MR) is 167 cm³/mol. The number of nitrogens with one attached hydrogen (secondary N) is 3. The van der Waals surface area contributed by atoms with E-state index in [2.05, 4.69) is 20.5 Å². The maximum absolute atomic E-state index is 13.7. The highest BCUT2D eigenvalue weighted by Gasteiger charge is 2.50. The molecule has 3 aromatic rings. The van der Waals surface area contributed by atoms with Crippen molar-refractivity contribution in [1.82, 2.24) is 25.4 Å². The number of carbonyl (C=O) groups is 2. The number of alkyl halides is 9. The summed E-state index contributed by atoms with van der Waals surface area (Å²) >= 11 is 0. The molecule has 1 saturated heterocycles. The molecule has 2 aromatic carbocycles. The molecule has 0 radical (unpaired) electrons. The van der Waals surface area contributed by atoms with E-state index < -0.39 is 71.1 Å². The zero-order chi connectivity index (χ0) is 36.4. The molecule has 2 heterocycles. The monoisotopic (exact) mass is 719 g/mol. The number of nitrogens with zero attached hydrogens (tertiary/aromatic N) is 2. The molecule has 16 heteroatoms. The van der Waals surface area contributed by atoms with E-state index in [4.69, 9.17) is 0 Å². The summed E-state index contributed by atoms with van der Waals surface area (Å²) in [5, 5.41) is 5.68. The van der Waals surface area contributed by atoms with E-state index in [1.165, 1.54) is 19.3 Å². The lowest BCUT2D eigenvalue weighted by molar-refractivity contribution is -0.174. The van der Waals surface area contributed by atoms with E-state index >= 15 is 0 Å². The number of para-hydroxylation sites is 1. The quantitative estimate of drug-likeness (QED) is 0.207. The van der Waals surface area contributed by atoms with E-state index in [1.54, 1.807) is 37.4 Å². The molecule has 2 aliphatic rings. The third-order valence-corrected chi connectivity index (χ3v) is 9.64. The van der Waals surface area contributed by atoms with Crippen LogP contribution in [0.5, 0.6) is 0 Å². The summed E-state index contributed by atoms with van der Waals surface area (Å²) in [5.41, 5.74) is -7.43. The maximum Gasteiger partial charge on any atom is 0.417 e. The van der Waals surface area contributed by atoms with Gasteiger partial charge < -0.3 is 15.6 Å². The molecular formula is C34H38F9N5O2. The first-order valence-corrected chi connectivity index (χ1v) is 16.4. The number of amides is 2. The van der Waals surface area contributed by atoms with Crippen LogP contribution in [0.25, 0.3) is 10.9 Å². The van der Waals surface area contributed by atoms with Gasteiger partial charge in [0.05, 0.1) is 23.2 Å². The number of hydrogen-bond donors (Lipinski definition) is 3. The number of rotatable bonds is 9. The lowest BCUT2D eigenvalue weighted by Crippen LogP contribution is -2.55. The van der Waals surface area contributed by atoms with Crippen LogP contribution < -0.4 is 10.6 Å². The molecule has 1 aliphatic carbocycles. The van der Waals surface area contributed by atoms with Crippen molar-refractivity contribution in [1.29, 1.82) is 0 Å². The lowest BCUT2D eigenvalue weighted by Gasteiger charge is -2.40. The highest BCUT2D eigenvalue weighted by molar-refractivity contribution is 5.91. The first-order valence-electron chi connectivity index (χ1n) is 16.4. The van der Waals surface area contributed by atoms with Gasteiger partial charge in [0.1, 0.15) is 6.04 Å². The number of fused-ring (bicyclic) bond motifs is 1. The number of H-pyrrole nitrogens is 1. The molecule has 50 heavy (non-hydrogen) atoms. The number of hydrogen-bond acceptors (Lipinski definition) is 4. The van der Waals surface area contributed by atoms with Crippen LogP contribution >= 0.6 is 0 Å². The van der Waals surface area contributed by atoms with Gasteiger partial charge in [0.25, 0.3) is 0 Å². The van der Waals surface area contributed by atoms with Crippen LogP contribution in [0.2, 0.25) is 0 Å². The molecule has 5 rings (SSSR count). The Morgan fingerprint density at radius 3 is 2.04 bits per heavy atom. The second-order valence-electron chi connectivity index (χ2n) is 13.0. The summed E-state index contributed by atoms with van der Waals surface area (Å²) in [7, 11) is 0. The minimum absolute atomic E-state index is 0.0499. The highest BCUT2D eigenvalue weighted by Crippen LogP contribution is 2.47. The molecular weight excluding hydrogens is 681 g/mol. The molecule has 2 amide bonds. The normalized spacial score (nSPS) is 18.6. The Labute approximate surface area is 282 Å². The Bertz CT molecular complexity index is 1620. The third kappa shape index (κ3) is 8.74. The SMILES string of the molecule is CC(c1c[nH]c2ccccc12)C(NC(=O)CN1CCN(C2CCCCC2)CC1)C(=O)NCc1cc(C(F)(F)F)c(C(F)(F)F)c(C(F)(F)F)c1. The topological polar surface area (TPSA) is 80.5 Å². The first kappa shape index (κ1) is 37.5. The van der Waals surface area contributed by atoms with Crippen LogP contribution in [0.3, 0.4) is 0 Å². The second-order valence-corrected chi connectivity index (χ2v) is 13.0. The molecule has 3 N–H and O–H groups in total. The summed E-state index contributed by atoms with van der Waals surface area (Å²) in [6.07, 6.45) is -10.0. The van der Waals surface area contributed by atoms with Crippen molar-refractivity contribution in [3.8, 4) is 0 Å². The summed E-state index contributed by atoms with van der Waals surface area (Å²) < 4.78 is 123. The van der Waals surface area contributed by atoms with Crippen molar-refractivity contribution in [2.75, 3.05) is 32.7 Å². The Morgan fingerprint density at radius 1 is 0.860 bits per heavy atom. The van der Waals surface area contributed by atoms with Crippen molar-refractivity contribution in [2.24, 2.45) is 0 Å². The van der Waals surface area contributed by atoms with E-state index in [0.717, 1.165) is 36.8 Å². The molecule has 1 aliphatic heterocycles. The van der Waals surface area contributed by atoms with E-state index in [9.17, 15) is 49.1 Å². The smallest absolute Gasteiger partial charge is 0.361 e. The molecule has 1 saturated carbocycles. The van der Waals surface area contributed by atoms with Crippen LogP contribution in [0, 0.1) is 0 Å². The van der Waals surface area contributed by atoms with Gasteiger partial charge in [0.15, 0.2) is 0 Å². The Hall–Kier alpha value is -3.79. The number of halogens is 9. The van der Waals surface area contributed by atoms with Gasteiger partial charge in [0, 0.05) is 61.8 Å². The van der Waals surface area contributed by atoms with Gasteiger partial charge >= 0.3 is 18.5 Å². The van der Waals surface area contributed by atoms with Gasteiger partial charge in [-0.25, -0.2) is 0 Å². The number of aromatic amines is 1. The molecule has 274 valence electrons. The van der Waals surface area contributed by atoms with E-state index in [1.807, 2.05) is 4.90 Å². The predicted octanol–water partition coefficient (Wildman–Crippen LogP) is 7.08. The van der Waals surface area contributed by atoms with Crippen molar-refractivity contribution in [3.05, 3.63) is 70.4 Å². The number of benzene rings is 2. The average Bonchev–Trinajstić information content (AvgIpc) is 3.49. The number of piperazine rings is 1. The molecule has 2 atom stereocenters. The Kier molecular flexibility index (Phi) is 11.1. The largest absolute Gasteiger partial charge is 0.417 e. The maximum atomic E-state index is 13.7. The van der Waals surface area contributed by atoms with Crippen molar-refractivity contribution < 1.29 is 49.1 Å². The first-order chi connectivity index (χ1) is 23.4. The van der Waals surface area contributed by atoms with Gasteiger partial charge in [-0.1, -0.05) is 44.4 Å². The summed E-state index contributed by atoms with van der Waals surface area (Å²) in [4.78, 5) is 34.4. The van der Waals surface area contributed by atoms with Crippen LogP contribution in [-0.4, -0.2) is 71.4 Å². The Balaban J connectivity index is 1.36. The molecule has 2 unspecified atom stereocenters. The fourth-order valence-electron chi connectivity index (χ4n) is 7.08.